The van der Waals surface area contributed by atoms with Crippen molar-refractivity contribution in [3.8, 4) is 0 Å². The average molecular weight is 396 g/mol. The van der Waals surface area contributed by atoms with Gasteiger partial charge in [0.1, 0.15) is 5.82 Å². The summed E-state index contributed by atoms with van der Waals surface area (Å²) >= 11 is 0. The van der Waals surface area contributed by atoms with Gasteiger partial charge in [0.2, 0.25) is 5.91 Å². The van der Waals surface area contributed by atoms with Crippen molar-refractivity contribution in [3.05, 3.63) is 59.4 Å². The van der Waals surface area contributed by atoms with Crippen molar-refractivity contribution in [2.75, 3.05) is 18.5 Å². The molecule has 0 radical (unpaired) electrons. The number of carbonyl (C=O) groups excluding carboxylic acids is 1. The maximum Gasteiger partial charge on any atom is 0.285 e. The molecule has 2 N–H and O–H groups in total. The quantitative estimate of drug-likeness (QED) is 0.722. The Hall–Kier alpha value is -2.11. The zero-order chi connectivity index (χ0) is 19.4. The summed E-state index contributed by atoms with van der Waals surface area (Å²) in [5.74, 6) is -0.860. The van der Waals surface area contributed by atoms with E-state index in [-0.39, 0.29) is 17.5 Å². The lowest BCUT2D eigenvalue weighted by Crippen LogP contribution is -2.30. The van der Waals surface area contributed by atoms with Gasteiger partial charge in [-0.25, -0.2) is 4.39 Å². The molecular weight excluding hydrogens is 376 g/mol. The Labute approximate surface area is 157 Å². The van der Waals surface area contributed by atoms with Gasteiger partial charge in [-0.15, -0.1) is 0 Å². The Bertz CT molecular complexity index is 804. The Balaban J connectivity index is 1.63. The standard InChI is InChI=1S/C19H20F3N2O2P/c20-14-3-6-17(16(9-14)19(21,22)27)24-15-4-1-12(2-5-15)10-23-18(25)13-7-8-26-11-13/h1-6,9,13,24H,7-8,10-11,27H2,(H,23,25). The SMILES string of the molecule is O=C(NCc1ccc(Nc2ccc(F)cc2C(F)(F)P)cc1)C1CCOC1. The molecule has 3 rings (SSSR count). The lowest BCUT2D eigenvalue weighted by molar-refractivity contribution is -0.125. The molecule has 1 saturated heterocycles. The van der Waals surface area contributed by atoms with Crippen molar-refractivity contribution in [1.29, 1.82) is 0 Å². The monoisotopic (exact) mass is 396 g/mol. The van der Waals surface area contributed by atoms with Crippen molar-refractivity contribution in [3.63, 3.8) is 0 Å². The lowest BCUT2D eigenvalue weighted by Gasteiger charge is -2.17. The van der Waals surface area contributed by atoms with Crippen molar-refractivity contribution >= 4 is 26.5 Å². The van der Waals surface area contributed by atoms with Crippen LogP contribution in [0.1, 0.15) is 17.5 Å². The molecule has 1 aliphatic rings. The fourth-order valence-electron chi connectivity index (χ4n) is 2.84. The largest absolute Gasteiger partial charge is 0.381 e. The second kappa shape index (κ2) is 8.28. The molecule has 144 valence electrons. The van der Waals surface area contributed by atoms with Crippen LogP contribution in [0.3, 0.4) is 0 Å². The van der Waals surface area contributed by atoms with Gasteiger partial charge in [0.25, 0.3) is 5.66 Å². The van der Waals surface area contributed by atoms with Gasteiger partial charge in [0.15, 0.2) is 0 Å². The number of amides is 1. The molecule has 2 aromatic rings. The molecule has 2 atom stereocenters. The highest BCUT2D eigenvalue weighted by Crippen LogP contribution is 2.40. The number of nitrogens with one attached hydrogen (secondary N) is 2. The van der Waals surface area contributed by atoms with E-state index in [1.165, 1.54) is 15.3 Å². The summed E-state index contributed by atoms with van der Waals surface area (Å²) in [5.41, 5.74) is -2.11. The van der Waals surface area contributed by atoms with Gasteiger partial charge < -0.3 is 15.4 Å². The number of anilines is 2. The van der Waals surface area contributed by atoms with Gasteiger partial charge in [-0.3, -0.25) is 4.79 Å². The highest BCUT2D eigenvalue weighted by Gasteiger charge is 2.28. The number of hydrogen-bond acceptors (Lipinski definition) is 3. The van der Waals surface area contributed by atoms with Crippen LogP contribution >= 0.6 is 9.24 Å². The number of carbonyl (C=O) groups is 1. The molecule has 1 fully saturated rings. The van der Waals surface area contributed by atoms with Crippen LogP contribution in [0, 0.1) is 11.7 Å². The highest BCUT2D eigenvalue weighted by atomic mass is 31.0. The molecule has 1 amide bonds. The van der Waals surface area contributed by atoms with E-state index in [0.717, 1.165) is 24.1 Å². The molecule has 1 heterocycles. The molecule has 0 saturated carbocycles. The third kappa shape index (κ3) is 5.21. The summed E-state index contributed by atoms with van der Waals surface area (Å²) in [7, 11) is 1.41. The maximum atomic E-state index is 13.7. The fraction of sp³-hybridized carbons (Fsp3) is 0.316. The van der Waals surface area contributed by atoms with E-state index < -0.39 is 17.0 Å². The molecule has 1 aliphatic heterocycles. The van der Waals surface area contributed by atoms with Crippen LogP contribution in [-0.2, 0) is 21.7 Å². The first-order valence-corrected chi connectivity index (χ1v) is 9.09. The van der Waals surface area contributed by atoms with Gasteiger partial charge >= 0.3 is 0 Å². The molecule has 2 unspecified atom stereocenters. The topological polar surface area (TPSA) is 50.4 Å². The fourth-order valence-corrected chi connectivity index (χ4v) is 3.08. The van der Waals surface area contributed by atoms with E-state index in [0.29, 0.717) is 25.4 Å². The maximum absolute atomic E-state index is 13.7. The van der Waals surface area contributed by atoms with Crippen LogP contribution in [0.2, 0.25) is 0 Å². The van der Waals surface area contributed by atoms with Gasteiger partial charge in [-0.1, -0.05) is 21.4 Å². The van der Waals surface area contributed by atoms with Crippen LogP contribution in [0.25, 0.3) is 0 Å². The van der Waals surface area contributed by atoms with Crippen LogP contribution in [-0.4, -0.2) is 19.1 Å². The van der Waals surface area contributed by atoms with Gasteiger partial charge in [-0.05, 0) is 42.3 Å². The first-order chi connectivity index (χ1) is 12.8. The van der Waals surface area contributed by atoms with E-state index in [1.807, 2.05) is 0 Å². The minimum atomic E-state index is -3.25. The van der Waals surface area contributed by atoms with E-state index in [2.05, 4.69) is 10.6 Å². The summed E-state index contributed by atoms with van der Waals surface area (Å²) < 4.78 is 45.9. The predicted octanol–water partition coefficient (Wildman–Crippen LogP) is 4.15. The molecule has 0 spiro atoms. The second-order valence-electron chi connectivity index (χ2n) is 6.41. The van der Waals surface area contributed by atoms with Crippen molar-refractivity contribution in [2.45, 2.75) is 18.6 Å². The number of ether oxygens (including phenoxy) is 1. The molecule has 2 aromatic carbocycles. The second-order valence-corrected chi connectivity index (χ2v) is 7.14. The molecule has 4 nitrogen and oxygen atoms in total. The van der Waals surface area contributed by atoms with Crippen molar-refractivity contribution < 1.29 is 22.7 Å². The van der Waals surface area contributed by atoms with Gasteiger partial charge in [-0.2, -0.15) is 8.78 Å². The Morgan fingerprint density at radius 1 is 1.22 bits per heavy atom. The minimum absolute atomic E-state index is 0.0340. The Kier molecular flexibility index (Phi) is 6.02. The third-order valence-corrected chi connectivity index (χ3v) is 4.65. The predicted molar refractivity (Wildman–Crippen MR) is 101 cm³/mol. The van der Waals surface area contributed by atoms with Crippen LogP contribution in [0.4, 0.5) is 24.5 Å². The third-order valence-electron chi connectivity index (χ3n) is 4.34. The summed E-state index contributed by atoms with van der Waals surface area (Å²) in [6.07, 6.45) is 0.731. The molecule has 0 aromatic heterocycles. The van der Waals surface area contributed by atoms with Gasteiger partial charge in [0.05, 0.1) is 18.1 Å². The summed E-state index contributed by atoms with van der Waals surface area (Å²) in [4.78, 5) is 12.0. The van der Waals surface area contributed by atoms with Crippen LogP contribution in [0.5, 0.6) is 0 Å². The average Bonchev–Trinajstić information content (AvgIpc) is 3.16. The summed E-state index contributed by atoms with van der Waals surface area (Å²) in [6, 6.07) is 10.2. The van der Waals surface area contributed by atoms with E-state index in [1.54, 1.807) is 24.3 Å². The molecule has 0 aliphatic carbocycles. The molecular formula is C19H20F3N2O2P. The molecule has 27 heavy (non-hydrogen) atoms. The smallest absolute Gasteiger partial charge is 0.285 e. The number of alkyl halides is 2. The van der Waals surface area contributed by atoms with Crippen LogP contribution < -0.4 is 10.6 Å². The van der Waals surface area contributed by atoms with Crippen molar-refractivity contribution in [2.24, 2.45) is 5.92 Å². The van der Waals surface area contributed by atoms with E-state index in [4.69, 9.17) is 4.74 Å². The normalized spacial score (nSPS) is 17.0. The highest BCUT2D eigenvalue weighted by molar-refractivity contribution is 7.17. The molecule has 8 heteroatoms. The first-order valence-electron chi connectivity index (χ1n) is 8.51. The minimum Gasteiger partial charge on any atom is -0.381 e. The summed E-state index contributed by atoms with van der Waals surface area (Å²) in [6.45, 7) is 1.44. The summed E-state index contributed by atoms with van der Waals surface area (Å²) in [5, 5.41) is 5.74. The van der Waals surface area contributed by atoms with Crippen molar-refractivity contribution in [1.82, 2.24) is 5.32 Å². The number of benzene rings is 2. The lowest BCUT2D eigenvalue weighted by atomic mass is 10.1. The van der Waals surface area contributed by atoms with E-state index >= 15 is 0 Å². The van der Waals surface area contributed by atoms with Gasteiger partial charge in [0, 0.05) is 24.5 Å². The zero-order valence-corrected chi connectivity index (χ0v) is 15.6. The molecule has 0 bridgehead atoms. The Morgan fingerprint density at radius 3 is 2.59 bits per heavy atom. The van der Waals surface area contributed by atoms with E-state index in [9.17, 15) is 18.0 Å². The Morgan fingerprint density at radius 2 is 1.96 bits per heavy atom. The first kappa shape index (κ1) is 19.6. The number of hydrogen-bond donors (Lipinski definition) is 2. The van der Waals surface area contributed by atoms with Crippen LogP contribution in [0.15, 0.2) is 42.5 Å². The zero-order valence-electron chi connectivity index (χ0n) is 14.5. The number of rotatable bonds is 6. The number of halogens is 3.